The van der Waals surface area contributed by atoms with E-state index in [2.05, 4.69) is 58.0 Å². The molecule has 1 atom stereocenters. The first-order valence-corrected chi connectivity index (χ1v) is 11.3. The number of nitrogens with zero attached hydrogens (tertiary/aromatic N) is 1. The molecule has 2 aromatic rings. The lowest BCUT2D eigenvalue weighted by molar-refractivity contribution is 0.129. The highest BCUT2D eigenvalue weighted by molar-refractivity contribution is 5.57. The van der Waals surface area contributed by atoms with Gasteiger partial charge >= 0.3 is 0 Å². The van der Waals surface area contributed by atoms with Crippen molar-refractivity contribution in [1.29, 1.82) is 0 Å². The molecule has 1 saturated heterocycles. The number of nitrogens with one attached hydrogen (secondary N) is 2. The van der Waals surface area contributed by atoms with Gasteiger partial charge in [0.2, 0.25) is 0 Å². The fourth-order valence-electron chi connectivity index (χ4n) is 4.72. The van der Waals surface area contributed by atoms with Gasteiger partial charge in [-0.25, -0.2) is 0 Å². The lowest BCUT2D eigenvalue weighted by Gasteiger charge is -2.33. The van der Waals surface area contributed by atoms with Crippen molar-refractivity contribution in [1.82, 2.24) is 10.6 Å². The SMILES string of the molecule is COCc1ccccc1CN1CCCc2cc(C(O)NCC3CCNCC3)ccc21. The van der Waals surface area contributed by atoms with E-state index in [1.165, 1.54) is 35.2 Å². The lowest BCUT2D eigenvalue weighted by Crippen LogP contribution is -2.35. The van der Waals surface area contributed by atoms with Gasteiger partial charge in [-0.2, -0.15) is 0 Å². The maximum atomic E-state index is 10.7. The van der Waals surface area contributed by atoms with Crippen LogP contribution in [0.3, 0.4) is 0 Å². The molecule has 0 bridgehead atoms. The third-order valence-corrected chi connectivity index (χ3v) is 6.47. The molecule has 2 aromatic carbocycles. The summed E-state index contributed by atoms with van der Waals surface area (Å²) in [6.07, 6.45) is 3.98. The van der Waals surface area contributed by atoms with Crippen LogP contribution in [0.1, 0.15) is 47.7 Å². The highest BCUT2D eigenvalue weighted by Gasteiger charge is 2.20. The quantitative estimate of drug-likeness (QED) is 0.584. The van der Waals surface area contributed by atoms with E-state index in [0.29, 0.717) is 12.5 Å². The summed E-state index contributed by atoms with van der Waals surface area (Å²) in [5.74, 6) is 0.654. The zero-order chi connectivity index (χ0) is 20.8. The van der Waals surface area contributed by atoms with Gasteiger partial charge in [-0.3, -0.25) is 5.32 Å². The first-order chi connectivity index (χ1) is 14.7. The Morgan fingerprint density at radius 1 is 1.17 bits per heavy atom. The molecule has 0 saturated carbocycles. The number of hydrogen-bond donors (Lipinski definition) is 3. The van der Waals surface area contributed by atoms with E-state index < -0.39 is 6.23 Å². The predicted octanol–water partition coefficient (Wildman–Crippen LogP) is 3.37. The van der Waals surface area contributed by atoms with Gasteiger partial charge in [0.25, 0.3) is 0 Å². The van der Waals surface area contributed by atoms with Crippen LogP contribution in [0.4, 0.5) is 5.69 Å². The minimum Gasteiger partial charge on any atom is -0.380 e. The van der Waals surface area contributed by atoms with E-state index in [-0.39, 0.29) is 0 Å². The van der Waals surface area contributed by atoms with E-state index in [1.54, 1.807) is 7.11 Å². The molecule has 0 amide bonds. The molecule has 0 aliphatic carbocycles. The Morgan fingerprint density at radius 2 is 1.97 bits per heavy atom. The number of piperidine rings is 1. The molecular weight excluding hydrogens is 374 g/mol. The van der Waals surface area contributed by atoms with Crippen LogP contribution < -0.4 is 15.5 Å². The van der Waals surface area contributed by atoms with Gasteiger partial charge in [0, 0.05) is 32.4 Å². The molecule has 5 nitrogen and oxygen atoms in total. The second kappa shape index (κ2) is 10.4. The summed E-state index contributed by atoms with van der Waals surface area (Å²) in [6, 6.07) is 15.0. The number of aryl methyl sites for hydroxylation is 1. The number of hydrogen-bond acceptors (Lipinski definition) is 5. The molecule has 2 aliphatic heterocycles. The van der Waals surface area contributed by atoms with Crippen LogP contribution in [-0.4, -0.2) is 38.4 Å². The maximum absolute atomic E-state index is 10.7. The smallest absolute Gasteiger partial charge is 0.131 e. The number of anilines is 1. The number of aliphatic hydroxyl groups excluding tert-OH is 1. The number of ether oxygens (including phenoxy) is 1. The monoisotopic (exact) mass is 409 g/mol. The summed E-state index contributed by atoms with van der Waals surface area (Å²) in [4.78, 5) is 2.46. The molecule has 1 unspecified atom stereocenters. The van der Waals surface area contributed by atoms with Gasteiger partial charge in [-0.15, -0.1) is 0 Å². The molecular formula is C25H35N3O2. The lowest BCUT2D eigenvalue weighted by atomic mass is 9.96. The van der Waals surface area contributed by atoms with Crippen molar-refractivity contribution in [2.75, 3.05) is 38.2 Å². The largest absolute Gasteiger partial charge is 0.380 e. The predicted molar refractivity (Wildman–Crippen MR) is 122 cm³/mol. The first kappa shape index (κ1) is 21.3. The average molecular weight is 410 g/mol. The van der Waals surface area contributed by atoms with E-state index in [4.69, 9.17) is 4.74 Å². The average Bonchev–Trinajstić information content (AvgIpc) is 2.79. The van der Waals surface area contributed by atoms with Crippen LogP contribution in [0.25, 0.3) is 0 Å². The maximum Gasteiger partial charge on any atom is 0.131 e. The Bertz CT molecular complexity index is 820. The summed E-state index contributed by atoms with van der Waals surface area (Å²) < 4.78 is 5.38. The van der Waals surface area contributed by atoms with Crippen LogP contribution >= 0.6 is 0 Å². The van der Waals surface area contributed by atoms with Crippen molar-refractivity contribution in [3.05, 3.63) is 64.7 Å². The van der Waals surface area contributed by atoms with Crippen LogP contribution in [0, 0.1) is 5.92 Å². The highest BCUT2D eigenvalue weighted by Crippen LogP contribution is 2.31. The van der Waals surface area contributed by atoms with Gasteiger partial charge in [-0.1, -0.05) is 30.3 Å². The van der Waals surface area contributed by atoms with E-state index >= 15 is 0 Å². The van der Waals surface area contributed by atoms with Crippen molar-refractivity contribution in [2.24, 2.45) is 5.92 Å². The molecule has 162 valence electrons. The van der Waals surface area contributed by atoms with Gasteiger partial charge in [0.1, 0.15) is 6.23 Å². The third-order valence-electron chi connectivity index (χ3n) is 6.47. The minimum atomic E-state index is -0.594. The molecule has 0 radical (unpaired) electrons. The third kappa shape index (κ3) is 5.22. The molecule has 0 aromatic heterocycles. The zero-order valence-corrected chi connectivity index (χ0v) is 18.1. The van der Waals surface area contributed by atoms with E-state index in [1.807, 2.05) is 0 Å². The van der Waals surface area contributed by atoms with Crippen LogP contribution in [0.2, 0.25) is 0 Å². The summed E-state index contributed by atoms with van der Waals surface area (Å²) >= 11 is 0. The molecule has 4 rings (SSSR count). The summed E-state index contributed by atoms with van der Waals surface area (Å²) in [6.45, 7) is 5.65. The summed E-state index contributed by atoms with van der Waals surface area (Å²) in [7, 11) is 1.75. The Kier molecular flexibility index (Phi) is 7.39. The molecule has 0 spiro atoms. The van der Waals surface area contributed by atoms with Crippen LogP contribution in [0.5, 0.6) is 0 Å². The Hall–Kier alpha value is -1.92. The van der Waals surface area contributed by atoms with Gasteiger partial charge in [0.05, 0.1) is 6.61 Å². The van der Waals surface area contributed by atoms with E-state index in [0.717, 1.165) is 51.1 Å². The summed E-state index contributed by atoms with van der Waals surface area (Å²) in [5.41, 5.74) is 6.18. The van der Waals surface area contributed by atoms with Crippen molar-refractivity contribution in [2.45, 2.75) is 45.1 Å². The minimum absolute atomic E-state index is 0.594. The molecule has 2 aliphatic rings. The Morgan fingerprint density at radius 3 is 2.77 bits per heavy atom. The van der Waals surface area contributed by atoms with Crippen molar-refractivity contribution < 1.29 is 9.84 Å². The van der Waals surface area contributed by atoms with Gasteiger partial charge in [-0.05, 0) is 79.1 Å². The highest BCUT2D eigenvalue weighted by atomic mass is 16.5. The number of fused-ring (bicyclic) bond motifs is 1. The number of methoxy groups -OCH3 is 1. The standard InChI is InChI=1S/C25H35N3O2/c1-30-18-23-6-3-2-5-22(23)17-28-14-4-7-20-15-21(8-9-24(20)28)25(29)27-16-19-10-12-26-13-11-19/h2-3,5-6,8-9,15,19,25-27,29H,4,7,10-14,16-18H2,1H3. The number of aliphatic hydroxyl groups is 1. The van der Waals surface area contributed by atoms with Crippen molar-refractivity contribution >= 4 is 5.69 Å². The molecule has 30 heavy (non-hydrogen) atoms. The fraction of sp³-hybridized carbons (Fsp3) is 0.520. The van der Waals surface area contributed by atoms with Gasteiger partial charge < -0.3 is 20.1 Å². The normalized spacial score (nSPS) is 18.3. The second-order valence-electron chi connectivity index (χ2n) is 8.62. The Labute approximate surface area is 180 Å². The second-order valence-corrected chi connectivity index (χ2v) is 8.62. The van der Waals surface area contributed by atoms with Crippen LogP contribution in [-0.2, 0) is 24.3 Å². The van der Waals surface area contributed by atoms with Crippen molar-refractivity contribution in [3.63, 3.8) is 0 Å². The van der Waals surface area contributed by atoms with E-state index in [9.17, 15) is 5.11 Å². The number of rotatable bonds is 8. The summed E-state index contributed by atoms with van der Waals surface area (Å²) in [5, 5.41) is 17.4. The zero-order valence-electron chi connectivity index (χ0n) is 18.1. The Balaban J connectivity index is 1.43. The molecule has 2 heterocycles. The molecule has 5 heteroatoms. The van der Waals surface area contributed by atoms with Crippen molar-refractivity contribution in [3.8, 4) is 0 Å². The first-order valence-electron chi connectivity index (χ1n) is 11.3. The number of benzene rings is 2. The molecule has 3 N–H and O–H groups in total. The van der Waals surface area contributed by atoms with Crippen LogP contribution in [0.15, 0.2) is 42.5 Å². The molecule has 1 fully saturated rings. The topological polar surface area (TPSA) is 56.8 Å². The fourth-order valence-corrected chi connectivity index (χ4v) is 4.72. The van der Waals surface area contributed by atoms with Gasteiger partial charge in [0.15, 0.2) is 0 Å².